The number of carbonyl (C=O) groups excluding carboxylic acids is 1. The molecule has 6 heteroatoms. The standard InChI is InChI=1S/C13H13ClFN3O/c1-17(7-9-6-16-18(2)8-9)13(19)12-10(14)4-3-5-11(12)15/h3-6,8H,7H2,1-2H3. The van der Waals surface area contributed by atoms with Gasteiger partial charge in [0.25, 0.3) is 5.91 Å². The molecule has 0 unspecified atom stereocenters. The summed E-state index contributed by atoms with van der Waals surface area (Å²) in [5.74, 6) is -1.07. The first kappa shape index (κ1) is 13.5. The Hall–Kier alpha value is -1.88. The van der Waals surface area contributed by atoms with Crippen LogP contribution in [0.15, 0.2) is 30.6 Å². The summed E-state index contributed by atoms with van der Waals surface area (Å²) in [7, 11) is 3.39. The zero-order chi connectivity index (χ0) is 14.0. The van der Waals surface area contributed by atoms with E-state index in [4.69, 9.17) is 11.6 Å². The van der Waals surface area contributed by atoms with Crippen molar-refractivity contribution in [2.75, 3.05) is 7.05 Å². The van der Waals surface area contributed by atoms with E-state index in [1.54, 1.807) is 31.2 Å². The third-order valence-electron chi connectivity index (χ3n) is 2.70. The number of nitrogens with zero attached hydrogens (tertiary/aromatic N) is 3. The summed E-state index contributed by atoms with van der Waals surface area (Å²) >= 11 is 5.87. The van der Waals surface area contributed by atoms with Crippen molar-refractivity contribution in [3.63, 3.8) is 0 Å². The first-order chi connectivity index (χ1) is 8.99. The highest BCUT2D eigenvalue weighted by Gasteiger charge is 2.19. The molecule has 0 aliphatic heterocycles. The highest BCUT2D eigenvalue weighted by molar-refractivity contribution is 6.33. The first-order valence-corrected chi connectivity index (χ1v) is 6.04. The van der Waals surface area contributed by atoms with Gasteiger partial charge in [0.1, 0.15) is 5.82 Å². The lowest BCUT2D eigenvalue weighted by Gasteiger charge is -2.17. The minimum Gasteiger partial charge on any atom is -0.337 e. The fourth-order valence-electron chi connectivity index (χ4n) is 1.79. The molecule has 1 amide bonds. The predicted octanol–water partition coefficient (Wildman–Crippen LogP) is 2.48. The van der Waals surface area contributed by atoms with Crippen LogP contribution in [0.4, 0.5) is 4.39 Å². The predicted molar refractivity (Wildman–Crippen MR) is 70.4 cm³/mol. The van der Waals surface area contributed by atoms with E-state index < -0.39 is 11.7 Å². The fraction of sp³-hybridized carbons (Fsp3) is 0.231. The van der Waals surface area contributed by atoms with Crippen LogP contribution in [0.5, 0.6) is 0 Å². The quantitative estimate of drug-likeness (QED) is 0.867. The Bertz CT molecular complexity index is 591. The van der Waals surface area contributed by atoms with Crippen LogP contribution in [0.25, 0.3) is 0 Å². The van der Waals surface area contributed by atoms with Gasteiger partial charge in [0, 0.05) is 32.4 Å². The average molecular weight is 282 g/mol. The SMILES string of the molecule is CN(Cc1cnn(C)c1)C(=O)c1c(F)cccc1Cl. The number of benzene rings is 1. The van der Waals surface area contributed by atoms with Gasteiger partial charge in [-0.15, -0.1) is 0 Å². The zero-order valence-corrected chi connectivity index (χ0v) is 11.4. The molecule has 1 heterocycles. The maximum absolute atomic E-state index is 13.7. The molecular weight excluding hydrogens is 269 g/mol. The van der Waals surface area contributed by atoms with E-state index in [-0.39, 0.29) is 10.6 Å². The fourth-order valence-corrected chi connectivity index (χ4v) is 2.04. The maximum atomic E-state index is 13.7. The number of carbonyl (C=O) groups is 1. The van der Waals surface area contributed by atoms with Gasteiger partial charge in [0.2, 0.25) is 0 Å². The van der Waals surface area contributed by atoms with Gasteiger partial charge in [-0.2, -0.15) is 5.10 Å². The van der Waals surface area contributed by atoms with Crippen LogP contribution in [-0.2, 0) is 13.6 Å². The second-order valence-electron chi connectivity index (χ2n) is 4.28. The second kappa shape index (κ2) is 5.40. The molecule has 0 aliphatic carbocycles. The van der Waals surface area contributed by atoms with Gasteiger partial charge in [-0.05, 0) is 12.1 Å². The molecule has 1 aromatic carbocycles. The van der Waals surface area contributed by atoms with Crippen LogP contribution in [-0.4, -0.2) is 27.6 Å². The molecule has 0 atom stereocenters. The molecule has 0 saturated heterocycles. The summed E-state index contributed by atoms with van der Waals surface area (Å²) < 4.78 is 15.3. The van der Waals surface area contributed by atoms with Crippen molar-refractivity contribution in [3.8, 4) is 0 Å². The number of aromatic nitrogens is 2. The van der Waals surface area contributed by atoms with E-state index in [0.29, 0.717) is 6.54 Å². The summed E-state index contributed by atoms with van der Waals surface area (Å²) in [6.07, 6.45) is 3.46. The molecule has 0 spiro atoms. The van der Waals surface area contributed by atoms with E-state index in [1.807, 2.05) is 0 Å². The lowest BCUT2D eigenvalue weighted by atomic mass is 10.2. The lowest BCUT2D eigenvalue weighted by molar-refractivity contribution is 0.0780. The Morgan fingerprint density at radius 3 is 2.84 bits per heavy atom. The van der Waals surface area contributed by atoms with Crippen LogP contribution in [0.2, 0.25) is 5.02 Å². The number of hydrogen-bond donors (Lipinski definition) is 0. The number of amides is 1. The Kier molecular flexibility index (Phi) is 3.85. The Morgan fingerprint density at radius 2 is 2.26 bits per heavy atom. The largest absolute Gasteiger partial charge is 0.337 e. The topological polar surface area (TPSA) is 38.1 Å². The molecule has 0 radical (unpaired) electrons. The minimum absolute atomic E-state index is 0.101. The van der Waals surface area contributed by atoms with Gasteiger partial charge in [0.05, 0.1) is 16.8 Å². The monoisotopic (exact) mass is 281 g/mol. The van der Waals surface area contributed by atoms with E-state index in [1.165, 1.54) is 23.1 Å². The summed E-state index contributed by atoms with van der Waals surface area (Å²) in [6, 6.07) is 4.18. The first-order valence-electron chi connectivity index (χ1n) is 5.66. The Labute approximate surface area is 115 Å². The van der Waals surface area contributed by atoms with Gasteiger partial charge >= 0.3 is 0 Å². The third kappa shape index (κ3) is 2.93. The molecule has 4 nitrogen and oxygen atoms in total. The van der Waals surface area contributed by atoms with E-state index in [0.717, 1.165) is 5.56 Å². The van der Waals surface area contributed by atoms with E-state index >= 15 is 0 Å². The van der Waals surface area contributed by atoms with Crippen molar-refractivity contribution in [2.24, 2.45) is 7.05 Å². The number of halogens is 2. The van der Waals surface area contributed by atoms with Crippen molar-refractivity contribution in [1.29, 1.82) is 0 Å². The van der Waals surface area contributed by atoms with Gasteiger partial charge in [-0.1, -0.05) is 17.7 Å². The van der Waals surface area contributed by atoms with Gasteiger partial charge in [-0.25, -0.2) is 4.39 Å². The summed E-state index contributed by atoms with van der Waals surface area (Å²) in [6.45, 7) is 0.345. The van der Waals surface area contributed by atoms with Crippen LogP contribution in [0.3, 0.4) is 0 Å². The van der Waals surface area contributed by atoms with Crippen LogP contribution >= 0.6 is 11.6 Å². The van der Waals surface area contributed by atoms with Gasteiger partial charge < -0.3 is 4.90 Å². The van der Waals surface area contributed by atoms with E-state index in [9.17, 15) is 9.18 Å². The van der Waals surface area contributed by atoms with Crippen LogP contribution in [0, 0.1) is 5.82 Å². The molecule has 0 N–H and O–H groups in total. The normalized spacial score (nSPS) is 10.5. The smallest absolute Gasteiger partial charge is 0.258 e. The molecule has 0 aliphatic rings. The highest BCUT2D eigenvalue weighted by atomic mass is 35.5. The lowest BCUT2D eigenvalue weighted by Crippen LogP contribution is -2.27. The molecule has 2 rings (SSSR count). The number of aryl methyl sites for hydroxylation is 1. The van der Waals surface area contributed by atoms with Crippen LogP contribution < -0.4 is 0 Å². The van der Waals surface area contributed by atoms with Crippen molar-refractivity contribution < 1.29 is 9.18 Å². The summed E-state index contributed by atoms with van der Waals surface area (Å²) in [4.78, 5) is 13.6. The number of hydrogen-bond acceptors (Lipinski definition) is 2. The Morgan fingerprint density at radius 1 is 1.53 bits per heavy atom. The third-order valence-corrected chi connectivity index (χ3v) is 3.02. The zero-order valence-electron chi connectivity index (χ0n) is 10.6. The molecule has 0 bridgehead atoms. The second-order valence-corrected chi connectivity index (χ2v) is 4.69. The summed E-state index contributed by atoms with van der Waals surface area (Å²) in [5, 5.41) is 4.13. The van der Waals surface area contributed by atoms with E-state index in [2.05, 4.69) is 5.10 Å². The minimum atomic E-state index is -0.615. The molecule has 0 saturated carbocycles. The molecule has 2 aromatic rings. The number of rotatable bonds is 3. The molecule has 19 heavy (non-hydrogen) atoms. The van der Waals surface area contributed by atoms with Gasteiger partial charge in [-0.3, -0.25) is 9.48 Å². The van der Waals surface area contributed by atoms with Crippen molar-refractivity contribution in [3.05, 3.63) is 52.6 Å². The molecule has 1 aromatic heterocycles. The summed E-state index contributed by atoms with van der Waals surface area (Å²) in [5.41, 5.74) is 0.765. The molecular formula is C13H13ClFN3O. The van der Waals surface area contributed by atoms with Gasteiger partial charge in [0.15, 0.2) is 0 Å². The van der Waals surface area contributed by atoms with Crippen molar-refractivity contribution >= 4 is 17.5 Å². The maximum Gasteiger partial charge on any atom is 0.258 e. The van der Waals surface area contributed by atoms with Crippen molar-refractivity contribution in [2.45, 2.75) is 6.54 Å². The highest BCUT2D eigenvalue weighted by Crippen LogP contribution is 2.21. The van der Waals surface area contributed by atoms with Crippen molar-refractivity contribution in [1.82, 2.24) is 14.7 Å². The molecule has 0 fully saturated rings. The van der Waals surface area contributed by atoms with Crippen LogP contribution in [0.1, 0.15) is 15.9 Å². The average Bonchev–Trinajstić information content (AvgIpc) is 2.74. The Balaban J connectivity index is 2.19. The molecule has 100 valence electrons.